The van der Waals surface area contributed by atoms with Crippen molar-refractivity contribution in [3.63, 3.8) is 0 Å². The Balaban J connectivity index is 1.57. The van der Waals surface area contributed by atoms with Gasteiger partial charge in [0.1, 0.15) is 17.9 Å². The van der Waals surface area contributed by atoms with Crippen molar-refractivity contribution in [1.29, 1.82) is 0 Å². The van der Waals surface area contributed by atoms with Gasteiger partial charge in [0.2, 0.25) is 10.0 Å². The summed E-state index contributed by atoms with van der Waals surface area (Å²) in [6.45, 7) is 3.43. The van der Waals surface area contributed by atoms with Crippen LogP contribution in [0.3, 0.4) is 0 Å². The number of hydrogen-bond donors (Lipinski definition) is 1. The molecule has 0 bridgehead atoms. The molecule has 0 unspecified atom stereocenters. The van der Waals surface area contributed by atoms with Crippen LogP contribution in [0.2, 0.25) is 0 Å². The van der Waals surface area contributed by atoms with Gasteiger partial charge in [-0.2, -0.15) is 4.31 Å². The van der Waals surface area contributed by atoms with E-state index in [1.807, 2.05) is 68.4 Å². The maximum atomic E-state index is 14.1. The summed E-state index contributed by atoms with van der Waals surface area (Å²) in [4.78, 5) is 12.1. The van der Waals surface area contributed by atoms with Crippen molar-refractivity contribution in [3.8, 4) is 16.9 Å². The first-order valence-corrected chi connectivity index (χ1v) is 13.8. The van der Waals surface area contributed by atoms with Gasteiger partial charge in [0, 0.05) is 0 Å². The molecule has 7 heteroatoms. The van der Waals surface area contributed by atoms with E-state index in [4.69, 9.17) is 4.74 Å². The van der Waals surface area contributed by atoms with Crippen molar-refractivity contribution in [2.24, 2.45) is 0 Å². The number of rotatable bonds is 7. The van der Waals surface area contributed by atoms with E-state index in [0.717, 1.165) is 35.1 Å². The molecule has 1 aliphatic heterocycles. The van der Waals surface area contributed by atoms with Gasteiger partial charge >= 0.3 is 5.97 Å². The SMILES string of the molecule is CC1(C)CCc2cc(S(=O)(=O)N(CC(=O)O)C3(c4cccc(-c5ccccc5)c4)CCC3)ccc2O1. The van der Waals surface area contributed by atoms with Crippen molar-refractivity contribution in [1.82, 2.24) is 4.31 Å². The average Bonchev–Trinajstić information content (AvgIpc) is 2.82. The number of hydrogen-bond acceptors (Lipinski definition) is 4. The first kappa shape index (κ1) is 24.5. The van der Waals surface area contributed by atoms with Gasteiger partial charge in [-0.1, -0.05) is 48.5 Å². The van der Waals surface area contributed by atoms with Crippen LogP contribution in [0, 0.1) is 0 Å². The Hall–Kier alpha value is -3.16. The smallest absolute Gasteiger partial charge is 0.318 e. The maximum absolute atomic E-state index is 14.1. The molecule has 3 aromatic rings. The standard InChI is InChI=1S/C29H31NO5S/c1-28(2)17-14-23-19-25(12-13-26(23)35-28)36(33,34)30(20-27(31)32)29(15-7-16-29)24-11-6-10-22(18-24)21-8-4-3-5-9-21/h3-6,8-13,18-19H,7,14-17,20H2,1-2H3,(H,31,32). The van der Waals surface area contributed by atoms with Gasteiger partial charge in [-0.3, -0.25) is 4.79 Å². The number of carbonyl (C=O) groups is 1. The zero-order valence-electron chi connectivity index (χ0n) is 20.6. The largest absolute Gasteiger partial charge is 0.488 e. The highest BCUT2D eigenvalue weighted by Crippen LogP contribution is 2.49. The summed E-state index contributed by atoms with van der Waals surface area (Å²) in [6, 6.07) is 22.6. The summed E-state index contributed by atoms with van der Waals surface area (Å²) in [5.41, 5.74) is 2.45. The highest BCUT2D eigenvalue weighted by molar-refractivity contribution is 7.89. The molecule has 0 atom stereocenters. The van der Waals surface area contributed by atoms with Crippen LogP contribution in [0.1, 0.15) is 50.7 Å². The lowest BCUT2D eigenvalue weighted by molar-refractivity contribution is -0.139. The Morgan fingerprint density at radius 2 is 1.67 bits per heavy atom. The Labute approximate surface area is 212 Å². The second kappa shape index (κ2) is 9.05. The van der Waals surface area contributed by atoms with Crippen LogP contribution >= 0.6 is 0 Å². The second-order valence-corrected chi connectivity index (χ2v) is 12.2. The first-order valence-electron chi connectivity index (χ1n) is 12.3. The molecule has 1 fully saturated rings. The molecule has 1 heterocycles. The van der Waals surface area contributed by atoms with Gasteiger partial charge in [-0.25, -0.2) is 8.42 Å². The predicted molar refractivity (Wildman–Crippen MR) is 138 cm³/mol. The predicted octanol–water partition coefficient (Wildman–Crippen LogP) is 5.61. The molecule has 1 aliphatic carbocycles. The number of benzene rings is 3. The van der Waals surface area contributed by atoms with E-state index in [9.17, 15) is 18.3 Å². The maximum Gasteiger partial charge on any atom is 0.318 e. The summed E-state index contributed by atoms with van der Waals surface area (Å²) < 4.78 is 35.4. The molecule has 2 aliphatic rings. The number of aryl methyl sites for hydroxylation is 1. The minimum atomic E-state index is -4.11. The van der Waals surface area contributed by atoms with Crippen molar-refractivity contribution in [2.45, 2.75) is 62.0 Å². The summed E-state index contributed by atoms with van der Waals surface area (Å²) in [5, 5.41) is 9.78. The molecule has 0 aromatic heterocycles. The third kappa shape index (κ3) is 4.42. The minimum Gasteiger partial charge on any atom is -0.488 e. The molecule has 0 saturated heterocycles. The number of carboxylic acid groups (broad SMARTS) is 1. The number of aliphatic carboxylic acids is 1. The highest BCUT2D eigenvalue weighted by Gasteiger charge is 2.50. The first-order chi connectivity index (χ1) is 17.1. The Kier molecular flexibility index (Phi) is 6.17. The molecular weight excluding hydrogens is 474 g/mol. The van der Waals surface area contributed by atoms with Crippen LogP contribution < -0.4 is 4.74 Å². The van der Waals surface area contributed by atoms with Crippen molar-refractivity contribution >= 4 is 16.0 Å². The fourth-order valence-corrected chi connectivity index (χ4v) is 7.14. The van der Waals surface area contributed by atoms with E-state index >= 15 is 0 Å². The minimum absolute atomic E-state index is 0.108. The Morgan fingerprint density at radius 1 is 0.944 bits per heavy atom. The van der Waals surface area contributed by atoms with Gasteiger partial charge < -0.3 is 9.84 Å². The third-order valence-corrected chi connectivity index (χ3v) is 9.36. The molecule has 1 saturated carbocycles. The molecular formula is C29H31NO5S. The highest BCUT2D eigenvalue weighted by atomic mass is 32.2. The normalized spacial score (nSPS) is 18.1. The quantitative estimate of drug-likeness (QED) is 0.451. The zero-order chi connectivity index (χ0) is 25.6. The van der Waals surface area contributed by atoms with E-state index in [1.54, 1.807) is 12.1 Å². The third-order valence-electron chi connectivity index (χ3n) is 7.45. The van der Waals surface area contributed by atoms with Crippen molar-refractivity contribution in [3.05, 3.63) is 83.9 Å². The van der Waals surface area contributed by atoms with Crippen molar-refractivity contribution < 1.29 is 23.1 Å². The van der Waals surface area contributed by atoms with Crippen molar-refractivity contribution in [2.75, 3.05) is 6.54 Å². The molecule has 5 rings (SSSR count). The van der Waals surface area contributed by atoms with Crippen LogP contribution in [-0.2, 0) is 26.8 Å². The van der Waals surface area contributed by atoms with Crippen LogP contribution in [0.4, 0.5) is 0 Å². The molecule has 3 aromatic carbocycles. The molecule has 0 amide bonds. The fraction of sp³-hybridized carbons (Fsp3) is 0.345. The zero-order valence-corrected chi connectivity index (χ0v) is 21.4. The number of ether oxygens (including phenoxy) is 1. The van der Waals surface area contributed by atoms with Gasteiger partial charge in [0.15, 0.2) is 0 Å². The lowest BCUT2D eigenvalue weighted by Crippen LogP contribution is -2.55. The van der Waals surface area contributed by atoms with Gasteiger partial charge in [-0.05, 0) is 92.5 Å². The summed E-state index contributed by atoms with van der Waals surface area (Å²) >= 11 is 0. The van der Waals surface area contributed by atoms with Crippen LogP contribution in [0.25, 0.3) is 11.1 Å². The number of fused-ring (bicyclic) bond motifs is 1. The molecule has 6 nitrogen and oxygen atoms in total. The monoisotopic (exact) mass is 505 g/mol. The number of sulfonamides is 1. The van der Waals surface area contributed by atoms with Crippen LogP contribution in [-0.4, -0.2) is 35.9 Å². The van der Waals surface area contributed by atoms with Gasteiger partial charge in [0.05, 0.1) is 10.4 Å². The van der Waals surface area contributed by atoms with E-state index in [1.165, 1.54) is 10.4 Å². The lowest BCUT2D eigenvalue weighted by atomic mass is 9.71. The van der Waals surface area contributed by atoms with Gasteiger partial charge in [-0.15, -0.1) is 0 Å². The second-order valence-electron chi connectivity index (χ2n) is 10.4. The van der Waals surface area contributed by atoms with Crippen LogP contribution in [0.5, 0.6) is 5.75 Å². The molecule has 0 spiro atoms. The van der Waals surface area contributed by atoms with E-state index in [-0.39, 0.29) is 10.5 Å². The molecule has 1 N–H and O–H groups in total. The van der Waals surface area contributed by atoms with E-state index < -0.39 is 28.1 Å². The average molecular weight is 506 g/mol. The summed E-state index contributed by atoms with van der Waals surface area (Å²) in [6.07, 6.45) is 3.45. The lowest BCUT2D eigenvalue weighted by Gasteiger charge is -2.49. The molecule has 36 heavy (non-hydrogen) atoms. The van der Waals surface area contributed by atoms with E-state index in [2.05, 4.69) is 0 Å². The number of carboxylic acids is 1. The van der Waals surface area contributed by atoms with Crippen LogP contribution in [0.15, 0.2) is 77.7 Å². The number of nitrogens with zero attached hydrogens (tertiary/aromatic N) is 1. The fourth-order valence-electron chi connectivity index (χ4n) is 5.32. The Bertz CT molecular complexity index is 1390. The summed E-state index contributed by atoms with van der Waals surface area (Å²) in [7, 11) is -4.11. The topological polar surface area (TPSA) is 83.9 Å². The Morgan fingerprint density at radius 3 is 2.33 bits per heavy atom. The summed E-state index contributed by atoms with van der Waals surface area (Å²) in [5.74, 6) is -0.490. The molecule has 188 valence electrons. The molecule has 0 radical (unpaired) electrons. The van der Waals surface area contributed by atoms with Gasteiger partial charge in [0.25, 0.3) is 0 Å². The van der Waals surface area contributed by atoms with E-state index in [0.29, 0.717) is 25.0 Å².